The van der Waals surface area contributed by atoms with Crippen molar-refractivity contribution in [3.05, 3.63) is 85.1 Å². The molecule has 0 rings (SSSR count). The molecule has 0 aliphatic carbocycles. The van der Waals surface area contributed by atoms with Crippen LogP contribution in [-0.2, 0) is 27.9 Å². The van der Waals surface area contributed by atoms with Crippen LogP contribution in [0.1, 0.15) is 265 Å². The molecule has 0 fully saturated rings. The number of hydrogen-bond donors (Lipinski definition) is 2. The first-order chi connectivity index (χ1) is 36.4. The van der Waals surface area contributed by atoms with Gasteiger partial charge < -0.3 is 19.4 Å². The summed E-state index contributed by atoms with van der Waals surface area (Å²) in [6.07, 6.45) is 71.5. The first-order valence-corrected chi connectivity index (χ1v) is 32.4. The lowest BCUT2D eigenvalue weighted by atomic mass is 10.0. The van der Waals surface area contributed by atoms with E-state index in [0.717, 1.165) is 103 Å². The standard InChI is InChI=1S/C65H117N2O7P/c1-7-10-13-16-19-22-25-28-30-32-33-35-37-40-43-46-49-52-55-58-65(69)74-63(56-53-50-47-44-41-38-27-24-21-18-15-12-9-3)62(61-73-75(70,71)72-60-59-67(4,5)6)66-64(68)57-54-51-48-45-42-39-36-34-31-29-26-23-20-17-14-11-8-2/h10,13,19,22,28-31,33,35,40,43,53,56,62-63H,7-9,11-12,14-18,20-21,23-27,32,34,36-39,41-42,44-52,54-55,57-61H2,1-6H3,(H-,66,68,70,71)/p+1/b13-10-,22-19-,30-28-,31-29+,35-33-,43-40-,56-53+. The highest BCUT2D eigenvalue weighted by molar-refractivity contribution is 7.47. The van der Waals surface area contributed by atoms with E-state index in [4.69, 9.17) is 13.8 Å². The van der Waals surface area contributed by atoms with Crippen molar-refractivity contribution in [2.24, 2.45) is 0 Å². The predicted molar refractivity (Wildman–Crippen MR) is 323 cm³/mol. The molecule has 10 heteroatoms. The summed E-state index contributed by atoms with van der Waals surface area (Å²) in [5, 5.41) is 3.05. The summed E-state index contributed by atoms with van der Waals surface area (Å²) in [6.45, 7) is 6.87. The fourth-order valence-corrected chi connectivity index (χ4v) is 9.29. The lowest BCUT2D eigenvalue weighted by molar-refractivity contribution is -0.870. The zero-order valence-corrected chi connectivity index (χ0v) is 50.4. The van der Waals surface area contributed by atoms with Crippen LogP contribution in [0.4, 0.5) is 0 Å². The van der Waals surface area contributed by atoms with E-state index in [1.165, 1.54) is 122 Å². The fourth-order valence-electron chi connectivity index (χ4n) is 8.55. The number of hydrogen-bond acceptors (Lipinski definition) is 6. The number of nitrogens with zero attached hydrogens (tertiary/aromatic N) is 1. The SMILES string of the molecule is CC/C=C\C/C=C\C/C=C\C/C=C\C/C=C\CCCCCC(=O)OC(/C=C/CCCCCCCCCCCCC)C(COP(=O)(O)OCC[N+](C)(C)C)NC(=O)CCCCCCCCC/C=C/CCCCCCCC. The van der Waals surface area contributed by atoms with E-state index in [1.54, 1.807) is 0 Å². The van der Waals surface area contributed by atoms with Crippen molar-refractivity contribution in [1.82, 2.24) is 5.32 Å². The molecule has 0 radical (unpaired) electrons. The smallest absolute Gasteiger partial charge is 0.456 e. The Morgan fingerprint density at radius 2 is 0.853 bits per heavy atom. The highest BCUT2D eigenvalue weighted by Crippen LogP contribution is 2.43. The fraction of sp³-hybridized carbons (Fsp3) is 0.754. The van der Waals surface area contributed by atoms with E-state index < -0.39 is 20.0 Å². The molecule has 0 saturated carbocycles. The highest BCUT2D eigenvalue weighted by Gasteiger charge is 2.30. The number of phosphoric acid groups is 1. The Morgan fingerprint density at radius 1 is 0.480 bits per heavy atom. The number of esters is 1. The Balaban J connectivity index is 5.37. The van der Waals surface area contributed by atoms with Crippen molar-refractivity contribution in [3.8, 4) is 0 Å². The molecule has 0 aliphatic heterocycles. The van der Waals surface area contributed by atoms with Gasteiger partial charge in [-0.1, -0.05) is 235 Å². The van der Waals surface area contributed by atoms with Crippen LogP contribution < -0.4 is 5.32 Å². The molecular formula is C65H118N2O7P+. The molecule has 75 heavy (non-hydrogen) atoms. The minimum atomic E-state index is -4.46. The van der Waals surface area contributed by atoms with Crippen molar-refractivity contribution in [1.29, 1.82) is 0 Å². The summed E-state index contributed by atoms with van der Waals surface area (Å²) in [5.41, 5.74) is 0. The van der Waals surface area contributed by atoms with Gasteiger partial charge in [-0.3, -0.25) is 18.6 Å². The molecule has 2 N–H and O–H groups in total. The molecule has 434 valence electrons. The number of carbonyl (C=O) groups excluding carboxylic acids is 2. The minimum absolute atomic E-state index is 0.0308. The maximum atomic E-state index is 13.5. The number of rotatable bonds is 55. The van der Waals surface area contributed by atoms with Gasteiger partial charge in [0.15, 0.2) is 0 Å². The number of quaternary nitrogens is 1. The predicted octanol–water partition coefficient (Wildman–Crippen LogP) is 19.0. The topological polar surface area (TPSA) is 111 Å². The van der Waals surface area contributed by atoms with Gasteiger partial charge in [0.25, 0.3) is 0 Å². The molecule has 0 heterocycles. The second-order valence-corrected chi connectivity index (χ2v) is 23.3. The number of unbranched alkanes of at least 4 members (excludes halogenated alkanes) is 27. The van der Waals surface area contributed by atoms with Crippen LogP contribution in [0.5, 0.6) is 0 Å². The largest absolute Gasteiger partial charge is 0.472 e. The van der Waals surface area contributed by atoms with Crippen LogP contribution in [0.25, 0.3) is 0 Å². The minimum Gasteiger partial charge on any atom is -0.456 e. The van der Waals surface area contributed by atoms with Crippen molar-refractivity contribution in [3.63, 3.8) is 0 Å². The normalized spacial score (nSPS) is 14.3. The third-order valence-corrected chi connectivity index (χ3v) is 14.3. The number of nitrogens with one attached hydrogen (secondary N) is 1. The molecule has 9 nitrogen and oxygen atoms in total. The van der Waals surface area contributed by atoms with Crippen molar-refractivity contribution in [2.45, 2.75) is 277 Å². The summed E-state index contributed by atoms with van der Waals surface area (Å²) >= 11 is 0. The highest BCUT2D eigenvalue weighted by atomic mass is 31.2. The number of amides is 1. The molecule has 1 amide bonds. The van der Waals surface area contributed by atoms with Crippen molar-refractivity contribution < 1.29 is 37.3 Å². The summed E-state index contributed by atoms with van der Waals surface area (Å²) in [7, 11) is 1.47. The maximum Gasteiger partial charge on any atom is 0.472 e. The van der Waals surface area contributed by atoms with Gasteiger partial charge in [0.1, 0.15) is 19.3 Å². The van der Waals surface area contributed by atoms with Crippen molar-refractivity contribution >= 4 is 19.7 Å². The average Bonchev–Trinajstić information content (AvgIpc) is 3.37. The van der Waals surface area contributed by atoms with Crippen LogP contribution >= 0.6 is 7.82 Å². The monoisotopic (exact) mass is 1070 g/mol. The van der Waals surface area contributed by atoms with Gasteiger partial charge in [-0.2, -0.15) is 0 Å². The van der Waals surface area contributed by atoms with E-state index in [2.05, 4.69) is 99.0 Å². The van der Waals surface area contributed by atoms with Gasteiger partial charge in [0, 0.05) is 12.8 Å². The van der Waals surface area contributed by atoms with E-state index in [0.29, 0.717) is 23.9 Å². The number of likely N-dealkylation sites (N-methyl/N-ethyl adjacent to an activating group) is 1. The van der Waals surface area contributed by atoms with Crippen LogP contribution in [-0.4, -0.2) is 74.3 Å². The third kappa shape index (κ3) is 55.7. The Bertz CT molecular complexity index is 1560. The molecule has 0 aliphatic rings. The van der Waals surface area contributed by atoms with Gasteiger partial charge in [0.05, 0.1) is 33.8 Å². The lowest BCUT2D eigenvalue weighted by Crippen LogP contribution is -2.47. The second kappa shape index (κ2) is 54.5. The van der Waals surface area contributed by atoms with Gasteiger partial charge in [-0.15, -0.1) is 0 Å². The van der Waals surface area contributed by atoms with Crippen molar-refractivity contribution in [2.75, 3.05) is 40.9 Å². The first kappa shape index (κ1) is 72.2. The Kier molecular flexibility index (Phi) is 52.5. The third-order valence-electron chi connectivity index (χ3n) is 13.3. The van der Waals surface area contributed by atoms with Crippen LogP contribution in [0, 0.1) is 0 Å². The molecule has 3 atom stereocenters. The van der Waals surface area contributed by atoms with Gasteiger partial charge in [0.2, 0.25) is 5.91 Å². The molecular weight excluding hydrogens is 952 g/mol. The summed E-state index contributed by atoms with van der Waals surface area (Å²) in [4.78, 5) is 37.7. The molecule has 0 aromatic carbocycles. The molecule has 3 unspecified atom stereocenters. The van der Waals surface area contributed by atoms with Crippen LogP contribution in [0.15, 0.2) is 85.1 Å². The first-order valence-electron chi connectivity index (χ1n) is 30.9. The Labute approximate surface area is 463 Å². The summed E-state index contributed by atoms with van der Waals surface area (Å²) in [5.74, 6) is -0.547. The number of allylic oxidation sites excluding steroid dienone is 13. The summed E-state index contributed by atoms with van der Waals surface area (Å²) in [6, 6.07) is -0.868. The molecule has 0 spiro atoms. The molecule has 0 saturated heterocycles. The Morgan fingerprint density at radius 3 is 1.31 bits per heavy atom. The zero-order valence-electron chi connectivity index (χ0n) is 49.5. The Hall–Kier alpha value is -2.81. The van der Waals surface area contributed by atoms with Gasteiger partial charge in [-0.05, 0) is 102 Å². The van der Waals surface area contributed by atoms with Crippen LogP contribution in [0.2, 0.25) is 0 Å². The second-order valence-electron chi connectivity index (χ2n) is 21.8. The molecule has 0 bridgehead atoms. The van der Waals surface area contributed by atoms with E-state index in [9.17, 15) is 19.0 Å². The van der Waals surface area contributed by atoms with E-state index in [-0.39, 0.29) is 31.5 Å². The van der Waals surface area contributed by atoms with E-state index >= 15 is 0 Å². The van der Waals surface area contributed by atoms with Gasteiger partial charge in [-0.25, -0.2) is 4.57 Å². The average molecular weight is 1070 g/mol. The number of ether oxygens (including phenoxy) is 1. The number of carbonyl (C=O) groups is 2. The van der Waals surface area contributed by atoms with Crippen LogP contribution in [0.3, 0.4) is 0 Å². The quantitative estimate of drug-likeness (QED) is 0.0205. The molecule has 0 aromatic rings. The summed E-state index contributed by atoms with van der Waals surface area (Å²) < 4.78 is 30.7. The molecule has 0 aromatic heterocycles. The lowest BCUT2D eigenvalue weighted by Gasteiger charge is -2.27. The zero-order chi connectivity index (χ0) is 55.0. The van der Waals surface area contributed by atoms with Gasteiger partial charge >= 0.3 is 13.8 Å². The maximum absolute atomic E-state index is 13.5. The number of phosphoric ester groups is 1. The van der Waals surface area contributed by atoms with E-state index in [1.807, 2.05) is 33.3 Å².